The molecule has 3 aromatic rings. The van der Waals surface area contributed by atoms with Crippen molar-refractivity contribution in [2.75, 3.05) is 12.2 Å². The Morgan fingerprint density at radius 1 is 1.15 bits per heavy atom. The largest absolute Gasteiger partial charge is 0.493 e. The van der Waals surface area contributed by atoms with Crippen molar-refractivity contribution in [1.29, 1.82) is 0 Å². The number of anilines is 1. The summed E-state index contributed by atoms with van der Waals surface area (Å²) in [7, 11) is 1.43. The van der Waals surface area contributed by atoms with Gasteiger partial charge in [-0.3, -0.25) is 4.79 Å². The number of ether oxygens (including phenoxy) is 2. The first-order valence-electron chi connectivity index (χ1n) is 10.0. The number of nitrogens with zero attached hydrogens (tertiary/aromatic N) is 2. The SMILES string of the molecule is COc1cc(C(O)C#CC(=O)OC(C)(C)C)ccc1ON(C(C)=O)c1nc2ccccc2s1. The molecular formula is C24H24N2O6S. The van der Waals surface area contributed by atoms with Crippen molar-refractivity contribution in [3.63, 3.8) is 0 Å². The number of para-hydroxylation sites is 1. The van der Waals surface area contributed by atoms with Crippen molar-refractivity contribution in [2.45, 2.75) is 39.4 Å². The monoisotopic (exact) mass is 468 g/mol. The smallest absolute Gasteiger partial charge is 0.384 e. The fourth-order valence-corrected chi connectivity index (χ4v) is 3.68. The number of hydrogen-bond acceptors (Lipinski definition) is 8. The fraction of sp³-hybridized carbons (Fsp3) is 0.292. The number of methoxy groups -OCH3 is 1. The van der Waals surface area contributed by atoms with Crippen molar-refractivity contribution in [1.82, 2.24) is 4.98 Å². The van der Waals surface area contributed by atoms with E-state index in [1.807, 2.05) is 24.3 Å². The van der Waals surface area contributed by atoms with Gasteiger partial charge in [-0.1, -0.05) is 35.5 Å². The Morgan fingerprint density at radius 2 is 1.88 bits per heavy atom. The number of thiazole rings is 1. The lowest BCUT2D eigenvalue weighted by Crippen LogP contribution is -2.32. The summed E-state index contributed by atoms with van der Waals surface area (Å²) in [6.07, 6.45) is -1.26. The number of rotatable bonds is 5. The Kier molecular flexibility index (Phi) is 7.21. The highest BCUT2D eigenvalue weighted by Crippen LogP contribution is 2.34. The minimum Gasteiger partial charge on any atom is -0.493 e. The molecule has 8 nitrogen and oxygen atoms in total. The van der Waals surface area contributed by atoms with Gasteiger partial charge in [0.05, 0.1) is 17.3 Å². The molecule has 1 unspecified atom stereocenters. The van der Waals surface area contributed by atoms with Gasteiger partial charge in [0.2, 0.25) is 5.13 Å². The number of esters is 1. The number of carbonyl (C=O) groups is 2. The van der Waals surface area contributed by atoms with Gasteiger partial charge in [0, 0.05) is 12.8 Å². The van der Waals surface area contributed by atoms with Crippen LogP contribution in [0, 0.1) is 11.8 Å². The van der Waals surface area contributed by atoms with E-state index in [0.717, 1.165) is 15.3 Å². The van der Waals surface area contributed by atoms with Crippen LogP contribution >= 0.6 is 11.3 Å². The molecule has 0 radical (unpaired) electrons. The number of fused-ring (bicyclic) bond motifs is 1. The number of benzene rings is 2. The molecule has 1 amide bonds. The van der Waals surface area contributed by atoms with Gasteiger partial charge in [0.1, 0.15) is 11.7 Å². The number of aromatic nitrogens is 1. The van der Waals surface area contributed by atoms with Crippen LogP contribution < -0.4 is 14.6 Å². The molecule has 1 aromatic heterocycles. The summed E-state index contributed by atoms with van der Waals surface area (Å²) in [4.78, 5) is 34.3. The fourth-order valence-electron chi connectivity index (χ4n) is 2.73. The number of aliphatic hydroxyl groups is 1. The highest BCUT2D eigenvalue weighted by molar-refractivity contribution is 7.22. The second-order valence-corrected chi connectivity index (χ2v) is 8.96. The molecule has 1 atom stereocenters. The van der Waals surface area contributed by atoms with Crippen molar-refractivity contribution < 1.29 is 29.0 Å². The third-order valence-electron chi connectivity index (χ3n) is 4.15. The molecule has 0 fully saturated rings. The average molecular weight is 469 g/mol. The van der Waals surface area contributed by atoms with Gasteiger partial charge in [-0.05, 0) is 50.6 Å². The summed E-state index contributed by atoms with van der Waals surface area (Å²) >= 11 is 1.31. The Hall–Kier alpha value is -3.61. The molecule has 0 aliphatic carbocycles. The van der Waals surface area contributed by atoms with Gasteiger partial charge in [-0.25, -0.2) is 9.78 Å². The molecule has 0 bridgehead atoms. The van der Waals surface area contributed by atoms with Crippen LogP contribution in [0.2, 0.25) is 0 Å². The zero-order valence-electron chi connectivity index (χ0n) is 18.9. The molecule has 33 heavy (non-hydrogen) atoms. The third-order valence-corrected chi connectivity index (χ3v) is 5.15. The number of hydroxylamine groups is 1. The van der Waals surface area contributed by atoms with Crippen LogP contribution in [0.25, 0.3) is 10.2 Å². The van der Waals surface area contributed by atoms with Crippen LogP contribution in [0.5, 0.6) is 11.5 Å². The Labute approximate surface area is 195 Å². The molecule has 1 heterocycles. The van der Waals surface area contributed by atoms with E-state index in [-0.39, 0.29) is 17.4 Å². The summed E-state index contributed by atoms with van der Waals surface area (Å²) < 4.78 is 11.4. The van der Waals surface area contributed by atoms with Gasteiger partial charge in [0.15, 0.2) is 11.5 Å². The number of amides is 1. The molecule has 0 aliphatic rings. The van der Waals surface area contributed by atoms with Crippen LogP contribution in [0.3, 0.4) is 0 Å². The summed E-state index contributed by atoms with van der Waals surface area (Å²) in [5.74, 6) is 4.13. The number of aliphatic hydroxyl groups excluding tert-OH is 1. The van der Waals surface area contributed by atoms with Gasteiger partial charge in [-0.2, -0.15) is 0 Å². The zero-order valence-corrected chi connectivity index (χ0v) is 19.7. The predicted molar refractivity (Wildman–Crippen MR) is 125 cm³/mol. The second kappa shape index (κ2) is 9.90. The van der Waals surface area contributed by atoms with Gasteiger partial charge in [-0.15, -0.1) is 5.06 Å². The first-order chi connectivity index (χ1) is 15.6. The molecule has 0 saturated carbocycles. The lowest BCUT2D eigenvalue weighted by atomic mass is 10.1. The molecule has 3 rings (SSSR count). The van der Waals surface area contributed by atoms with E-state index in [1.165, 1.54) is 37.5 Å². The number of hydrogen-bond donors (Lipinski definition) is 1. The van der Waals surface area contributed by atoms with Crippen molar-refractivity contribution in [2.24, 2.45) is 0 Å². The summed E-state index contributed by atoms with van der Waals surface area (Å²) in [5.41, 5.74) is 0.455. The summed E-state index contributed by atoms with van der Waals surface area (Å²) in [5, 5.41) is 11.8. The zero-order chi connectivity index (χ0) is 24.2. The average Bonchev–Trinajstić information content (AvgIpc) is 3.18. The second-order valence-electron chi connectivity index (χ2n) is 7.95. The minimum absolute atomic E-state index is 0.239. The van der Waals surface area contributed by atoms with Crippen molar-refractivity contribution in [3.8, 4) is 23.3 Å². The van der Waals surface area contributed by atoms with E-state index in [2.05, 4.69) is 16.8 Å². The maximum atomic E-state index is 12.3. The van der Waals surface area contributed by atoms with Gasteiger partial charge < -0.3 is 19.4 Å². The van der Waals surface area contributed by atoms with Gasteiger partial charge in [0.25, 0.3) is 5.91 Å². The Bertz CT molecular complexity index is 1200. The Morgan fingerprint density at radius 3 is 2.52 bits per heavy atom. The molecule has 2 aromatic carbocycles. The van der Waals surface area contributed by atoms with Crippen LogP contribution in [0.15, 0.2) is 42.5 Å². The molecular weight excluding hydrogens is 444 g/mol. The third kappa shape index (κ3) is 6.22. The van der Waals surface area contributed by atoms with Crippen LogP contribution in [0.1, 0.15) is 39.4 Å². The summed E-state index contributed by atoms with van der Waals surface area (Å²) in [6.45, 7) is 6.55. The molecule has 172 valence electrons. The Balaban J connectivity index is 1.82. The predicted octanol–water partition coefficient (Wildman–Crippen LogP) is 4.03. The van der Waals surface area contributed by atoms with Crippen LogP contribution in [-0.4, -0.2) is 34.7 Å². The molecule has 1 N–H and O–H groups in total. The van der Waals surface area contributed by atoms with E-state index in [9.17, 15) is 14.7 Å². The van der Waals surface area contributed by atoms with E-state index in [4.69, 9.17) is 14.3 Å². The highest BCUT2D eigenvalue weighted by atomic mass is 32.1. The van der Waals surface area contributed by atoms with Crippen LogP contribution in [0.4, 0.5) is 5.13 Å². The molecule has 0 aliphatic heterocycles. The molecule has 0 saturated heterocycles. The van der Waals surface area contributed by atoms with Crippen molar-refractivity contribution in [3.05, 3.63) is 48.0 Å². The minimum atomic E-state index is -1.26. The summed E-state index contributed by atoms with van der Waals surface area (Å²) in [6, 6.07) is 12.1. The quantitative estimate of drug-likeness (QED) is 0.261. The van der Waals surface area contributed by atoms with Crippen LogP contribution in [-0.2, 0) is 14.3 Å². The van der Waals surface area contributed by atoms with E-state index < -0.39 is 17.7 Å². The van der Waals surface area contributed by atoms with Gasteiger partial charge >= 0.3 is 5.97 Å². The maximum absolute atomic E-state index is 12.3. The highest BCUT2D eigenvalue weighted by Gasteiger charge is 2.21. The van der Waals surface area contributed by atoms with E-state index >= 15 is 0 Å². The maximum Gasteiger partial charge on any atom is 0.384 e. The first-order valence-corrected chi connectivity index (χ1v) is 10.8. The lowest BCUT2D eigenvalue weighted by Gasteiger charge is -2.20. The van der Waals surface area contributed by atoms with Crippen molar-refractivity contribution >= 4 is 38.6 Å². The normalized spacial score (nSPS) is 11.8. The first kappa shape index (κ1) is 24.0. The number of carbonyl (C=O) groups excluding carboxylic acids is 2. The van der Waals surface area contributed by atoms with E-state index in [0.29, 0.717) is 10.7 Å². The topological polar surface area (TPSA) is 98.2 Å². The molecule has 0 spiro atoms. The standard InChI is InChI=1S/C24H24N2O6S/c1-15(27)26(23-25-17-8-6-7-9-21(17)33-23)32-19-12-10-16(14-20(19)30-5)18(28)11-13-22(29)31-24(2,3)4/h6-10,12,14,18,28H,1-5H3. The lowest BCUT2D eigenvalue weighted by molar-refractivity contribution is -0.147. The van der Waals surface area contributed by atoms with E-state index in [1.54, 1.807) is 26.8 Å². The molecule has 9 heteroatoms.